The van der Waals surface area contributed by atoms with E-state index in [4.69, 9.17) is 9.84 Å². The summed E-state index contributed by atoms with van der Waals surface area (Å²) in [5.41, 5.74) is 0. The van der Waals surface area contributed by atoms with E-state index < -0.39 is 0 Å². The Morgan fingerprint density at radius 2 is 2.48 bits per heavy atom. The molecule has 0 bridgehead atoms. The van der Waals surface area contributed by atoms with Crippen LogP contribution in [0.1, 0.15) is 6.42 Å². The number of nitrogens with zero attached hydrogens (tertiary/aromatic N) is 4. The normalized spacial score (nSPS) is 12.3. The van der Waals surface area contributed by atoms with E-state index >= 15 is 0 Å². The topological polar surface area (TPSA) is 102 Å². The number of hydrogen-bond acceptors (Lipinski definition) is 7. The molecule has 114 valence electrons. The van der Waals surface area contributed by atoms with E-state index in [1.54, 1.807) is 7.11 Å². The van der Waals surface area contributed by atoms with Crippen molar-refractivity contribution in [2.45, 2.75) is 19.0 Å². The number of rotatable bonds is 8. The minimum absolute atomic E-state index is 0.0155. The lowest BCUT2D eigenvalue weighted by molar-refractivity contribution is -0.123. The lowest BCUT2D eigenvalue weighted by Gasteiger charge is -2.16. The average Bonchev–Trinajstić information content (AvgIpc) is 3.09. The zero-order chi connectivity index (χ0) is 15.1. The monoisotopic (exact) mass is 311 g/mol. The molecule has 2 N–H and O–H groups in total. The van der Waals surface area contributed by atoms with Crippen molar-refractivity contribution in [1.82, 2.24) is 25.5 Å². The molecule has 1 amide bonds. The lowest BCUT2D eigenvalue weighted by atomic mass is 10.2. The van der Waals surface area contributed by atoms with Crippen LogP contribution in [-0.2, 0) is 16.1 Å². The van der Waals surface area contributed by atoms with Gasteiger partial charge in [-0.1, -0.05) is 6.07 Å². The van der Waals surface area contributed by atoms with Gasteiger partial charge in [0.1, 0.15) is 6.54 Å². The van der Waals surface area contributed by atoms with Crippen LogP contribution < -0.4 is 5.32 Å². The van der Waals surface area contributed by atoms with E-state index in [0.29, 0.717) is 18.9 Å². The second kappa shape index (κ2) is 7.81. The Morgan fingerprint density at radius 3 is 3.14 bits per heavy atom. The fourth-order valence-corrected chi connectivity index (χ4v) is 2.42. The van der Waals surface area contributed by atoms with Gasteiger partial charge in [-0.05, 0) is 23.1 Å². The van der Waals surface area contributed by atoms with Crippen LogP contribution in [0.15, 0.2) is 17.5 Å². The summed E-state index contributed by atoms with van der Waals surface area (Å²) in [5, 5.41) is 25.5. The summed E-state index contributed by atoms with van der Waals surface area (Å²) in [7, 11) is 1.54. The first-order valence-corrected chi connectivity index (χ1v) is 7.31. The van der Waals surface area contributed by atoms with E-state index in [2.05, 4.69) is 20.7 Å². The molecular weight excluding hydrogens is 294 g/mol. The molecule has 0 aromatic carbocycles. The standard InChI is InChI=1S/C12H17N5O3S/c1-20-8-9(4-5-18)13-11(19)7-17-15-12(14-16-17)10-3-2-6-21-10/h2-3,6,9,18H,4-5,7-8H2,1H3,(H,13,19). The van der Waals surface area contributed by atoms with Crippen molar-refractivity contribution in [3.63, 3.8) is 0 Å². The molecule has 0 fully saturated rings. The molecule has 9 heteroatoms. The summed E-state index contributed by atoms with van der Waals surface area (Å²) in [6, 6.07) is 3.56. The molecule has 2 heterocycles. The highest BCUT2D eigenvalue weighted by Crippen LogP contribution is 2.19. The summed E-state index contributed by atoms with van der Waals surface area (Å²) in [6.07, 6.45) is 0.435. The van der Waals surface area contributed by atoms with E-state index in [1.807, 2.05) is 17.5 Å². The minimum atomic E-state index is -0.249. The first-order chi connectivity index (χ1) is 10.2. The average molecular weight is 311 g/mol. The predicted molar refractivity (Wildman–Crippen MR) is 76.6 cm³/mol. The van der Waals surface area contributed by atoms with E-state index in [-0.39, 0.29) is 25.1 Å². The van der Waals surface area contributed by atoms with Crippen molar-refractivity contribution in [2.75, 3.05) is 20.3 Å². The van der Waals surface area contributed by atoms with Gasteiger partial charge in [0.25, 0.3) is 0 Å². The van der Waals surface area contributed by atoms with E-state index in [9.17, 15) is 4.79 Å². The number of tetrazole rings is 1. The zero-order valence-electron chi connectivity index (χ0n) is 11.6. The second-order valence-corrected chi connectivity index (χ2v) is 5.30. The van der Waals surface area contributed by atoms with Crippen LogP contribution in [0.5, 0.6) is 0 Å². The number of ether oxygens (including phenoxy) is 1. The van der Waals surface area contributed by atoms with Crippen LogP contribution in [0.2, 0.25) is 0 Å². The van der Waals surface area contributed by atoms with Crippen molar-refractivity contribution in [1.29, 1.82) is 0 Å². The minimum Gasteiger partial charge on any atom is -0.396 e. The summed E-state index contributed by atoms with van der Waals surface area (Å²) in [5.74, 6) is 0.252. The van der Waals surface area contributed by atoms with Crippen molar-refractivity contribution < 1.29 is 14.6 Å². The molecule has 21 heavy (non-hydrogen) atoms. The number of amides is 1. The number of aromatic nitrogens is 4. The van der Waals surface area contributed by atoms with Gasteiger partial charge in [0, 0.05) is 13.7 Å². The lowest BCUT2D eigenvalue weighted by Crippen LogP contribution is -2.40. The summed E-state index contributed by atoms with van der Waals surface area (Å²) >= 11 is 1.51. The van der Waals surface area contributed by atoms with Crippen molar-refractivity contribution in [3.05, 3.63) is 17.5 Å². The van der Waals surface area contributed by atoms with Crippen LogP contribution >= 0.6 is 11.3 Å². The predicted octanol–water partition coefficient (Wildman–Crippen LogP) is -0.0848. The molecule has 0 saturated carbocycles. The number of carbonyl (C=O) groups is 1. The molecule has 0 aliphatic heterocycles. The number of thiophene rings is 1. The third-order valence-corrected chi connectivity index (χ3v) is 3.56. The maximum absolute atomic E-state index is 11.9. The number of hydrogen-bond donors (Lipinski definition) is 2. The SMILES string of the molecule is COCC(CCO)NC(=O)Cn1nnc(-c2cccs2)n1. The van der Waals surface area contributed by atoms with Crippen LogP contribution in [0, 0.1) is 0 Å². The number of carbonyl (C=O) groups excluding carboxylic acids is 1. The molecule has 0 aliphatic carbocycles. The highest BCUT2D eigenvalue weighted by molar-refractivity contribution is 7.13. The van der Waals surface area contributed by atoms with E-state index in [0.717, 1.165) is 4.88 Å². The third kappa shape index (κ3) is 4.59. The van der Waals surface area contributed by atoms with Crippen LogP contribution in [0.25, 0.3) is 10.7 Å². The van der Waals surface area contributed by atoms with E-state index in [1.165, 1.54) is 16.1 Å². The summed E-state index contributed by atoms with van der Waals surface area (Å²) in [4.78, 5) is 14.0. The Balaban J connectivity index is 1.90. The molecule has 0 aliphatic rings. The molecule has 1 atom stereocenters. The molecule has 8 nitrogen and oxygen atoms in total. The van der Waals surface area contributed by atoms with Gasteiger partial charge in [0.2, 0.25) is 11.7 Å². The molecule has 0 saturated heterocycles. The van der Waals surface area contributed by atoms with Gasteiger partial charge in [-0.3, -0.25) is 4.79 Å². The second-order valence-electron chi connectivity index (χ2n) is 4.35. The number of aliphatic hydroxyl groups excluding tert-OH is 1. The Kier molecular flexibility index (Phi) is 5.78. The van der Waals surface area contributed by atoms with Gasteiger partial charge in [-0.25, -0.2) is 0 Å². The molecule has 0 radical (unpaired) electrons. The van der Waals surface area contributed by atoms with Gasteiger partial charge >= 0.3 is 0 Å². The Morgan fingerprint density at radius 1 is 1.62 bits per heavy atom. The highest BCUT2D eigenvalue weighted by Gasteiger charge is 2.14. The van der Waals surface area contributed by atoms with Crippen molar-refractivity contribution in [2.24, 2.45) is 0 Å². The summed E-state index contributed by atoms with van der Waals surface area (Å²) < 4.78 is 4.99. The third-order valence-electron chi connectivity index (χ3n) is 2.69. The fourth-order valence-electron chi connectivity index (χ4n) is 1.77. The molecule has 2 aromatic heterocycles. The van der Waals surface area contributed by atoms with Crippen LogP contribution in [0.4, 0.5) is 0 Å². The largest absolute Gasteiger partial charge is 0.396 e. The first kappa shape index (κ1) is 15.5. The molecule has 2 aromatic rings. The number of aliphatic hydroxyl groups is 1. The quantitative estimate of drug-likeness (QED) is 0.707. The molecule has 0 spiro atoms. The number of nitrogens with one attached hydrogen (secondary N) is 1. The van der Waals surface area contributed by atoms with Gasteiger partial charge < -0.3 is 15.2 Å². The summed E-state index contributed by atoms with van der Waals surface area (Å²) in [6.45, 7) is 0.306. The van der Waals surface area contributed by atoms with Crippen molar-refractivity contribution >= 4 is 17.2 Å². The van der Waals surface area contributed by atoms with Gasteiger partial charge in [-0.2, -0.15) is 4.80 Å². The maximum atomic E-state index is 11.9. The van der Waals surface area contributed by atoms with Gasteiger partial charge in [0.15, 0.2) is 0 Å². The van der Waals surface area contributed by atoms with Gasteiger partial charge in [0.05, 0.1) is 17.5 Å². The van der Waals surface area contributed by atoms with Crippen LogP contribution in [-0.4, -0.2) is 57.6 Å². The molecular formula is C12H17N5O3S. The maximum Gasteiger partial charge on any atom is 0.243 e. The smallest absolute Gasteiger partial charge is 0.243 e. The first-order valence-electron chi connectivity index (χ1n) is 6.43. The molecule has 2 rings (SSSR count). The fraction of sp³-hybridized carbons (Fsp3) is 0.500. The Hall–Kier alpha value is -1.84. The van der Waals surface area contributed by atoms with Gasteiger partial charge in [-0.15, -0.1) is 21.5 Å². The number of methoxy groups -OCH3 is 1. The van der Waals surface area contributed by atoms with Crippen LogP contribution in [0.3, 0.4) is 0 Å². The molecule has 1 unspecified atom stereocenters. The van der Waals surface area contributed by atoms with Crippen molar-refractivity contribution in [3.8, 4) is 10.7 Å². The zero-order valence-corrected chi connectivity index (χ0v) is 12.4. The Bertz CT molecular complexity index is 551. The highest BCUT2D eigenvalue weighted by atomic mass is 32.1. The Labute approximate surface area is 125 Å².